The van der Waals surface area contributed by atoms with Crippen molar-refractivity contribution in [1.29, 1.82) is 0 Å². The third-order valence-corrected chi connectivity index (χ3v) is 2.94. The Morgan fingerprint density at radius 3 is 3.00 bits per heavy atom. The van der Waals surface area contributed by atoms with Crippen molar-refractivity contribution in [1.82, 2.24) is 10.6 Å². The van der Waals surface area contributed by atoms with Crippen molar-refractivity contribution >= 4 is 18.3 Å². The Morgan fingerprint density at radius 1 is 1.58 bits per heavy atom. The van der Waals surface area contributed by atoms with Gasteiger partial charge in [-0.1, -0.05) is 12.1 Å². The van der Waals surface area contributed by atoms with Crippen LogP contribution in [0.3, 0.4) is 0 Å². The fourth-order valence-corrected chi connectivity index (χ4v) is 1.79. The van der Waals surface area contributed by atoms with Gasteiger partial charge >= 0.3 is 0 Å². The van der Waals surface area contributed by atoms with E-state index in [1.54, 1.807) is 13.0 Å². The second-order valence-corrected chi connectivity index (χ2v) is 4.38. The molecule has 1 amide bonds. The van der Waals surface area contributed by atoms with Gasteiger partial charge in [-0.05, 0) is 24.1 Å². The Kier molecular flexibility index (Phi) is 6.21. The van der Waals surface area contributed by atoms with Crippen LogP contribution in [0, 0.1) is 12.7 Å². The van der Waals surface area contributed by atoms with Gasteiger partial charge in [-0.2, -0.15) is 0 Å². The van der Waals surface area contributed by atoms with E-state index in [9.17, 15) is 9.18 Å². The van der Waals surface area contributed by atoms with Gasteiger partial charge in [0.1, 0.15) is 11.9 Å². The number of aryl methyl sites for hydroxylation is 1. The van der Waals surface area contributed by atoms with Gasteiger partial charge in [0.25, 0.3) is 0 Å². The smallest absolute Gasteiger partial charge is 0.239 e. The number of hydrogen-bond acceptors (Lipinski definition) is 3. The number of amides is 1. The lowest BCUT2D eigenvalue weighted by Gasteiger charge is -2.22. The minimum atomic E-state index is -0.311. The molecule has 1 atom stereocenters. The summed E-state index contributed by atoms with van der Waals surface area (Å²) in [6.07, 6.45) is 0. The fraction of sp³-hybridized carbons (Fsp3) is 0.462. The number of carbonyl (C=O) groups excluding carboxylic acids is 1. The monoisotopic (exact) mass is 288 g/mol. The molecule has 6 heteroatoms. The van der Waals surface area contributed by atoms with Gasteiger partial charge in [0.15, 0.2) is 0 Å². The number of benzene rings is 1. The lowest BCUT2D eigenvalue weighted by atomic mass is 10.1. The van der Waals surface area contributed by atoms with Gasteiger partial charge in [0.2, 0.25) is 5.91 Å². The average molecular weight is 289 g/mol. The van der Waals surface area contributed by atoms with E-state index in [1.807, 2.05) is 6.07 Å². The molecule has 0 radical (unpaired) electrons. The van der Waals surface area contributed by atoms with Crippen LogP contribution in [0.25, 0.3) is 0 Å². The zero-order valence-corrected chi connectivity index (χ0v) is 11.6. The van der Waals surface area contributed by atoms with Crippen LogP contribution in [0.5, 0.6) is 0 Å². The van der Waals surface area contributed by atoms with E-state index in [-0.39, 0.29) is 30.2 Å². The van der Waals surface area contributed by atoms with Gasteiger partial charge in [-0.15, -0.1) is 12.4 Å². The first kappa shape index (κ1) is 15.9. The summed E-state index contributed by atoms with van der Waals surface area (Å²) in [6.45, 7) is 3.73. The topological polar surface area (TPSA) is 50.4 Å². The number of rotatable bonds is 3. The number of hydrogen-bond donors (Lipinski definition) is 2. The maximum Gasteiger partial charge on any atom is 0.239 e. The van der Waals surface area contributed by atoms with Crippen molar-refractivity contribution in [3.8, 4) is 0 Å². The van der Waals surface area contributed by atoms with Crippen molar-refractivity contribution in [3.63, 3.8) is 0 Å². The minimum absolute atomic E-state index is 0. The second-order valence-electron chi connectivity index (χ2n) is 4.38. The molecule has 1 unspecified atom stereocenters. The third kappa shape index (κ3) is 4.45. The normalized spacial score (nSPS) is 18.5. The Balaban J connectivity index is 0.00000180. The molecule has 1 fully saturated rings. The molecule has 4 nitrogen and oxygen atoms in total. The van der Waals surface area contributed by atoms with Crippen LogP contribution >= 0.6 is 12.4 Å². The zero-order chi connectivity index (χ0) is 13.0. The number of ether oxygens (including phenoxy) is 1. The predicted molar refractivity (Wildman–Crippen MR) is 72.8 cm³/mol. The first-order valence-electron chi connectivity index (χ1n) is 6.00. The average Bonchev–Trinajstić information content (AvgIpc) is 2.41. The molecule has 0 aliphatic carbocycles. The Labute approximate surface area is 118 Å². The molecule has 1 heterocycles. The van der Waals surface area contributed by atoms with Crippen molar-refractivity contribution in [2.24, 2.45) is 0 Å². The lowest BCUT2D eigenvalue weighted by molar-refractivity contribution is -0.126. The van der Waals surface area contributed by atoms with Gasteiger partial charge in [0.05, 0.1) is 13.2 Å². The molecular weight excluding hydrogens is 271 g/mol. The summed E-state index contributed by atoms with van der Waals surface area (Å²) >= 11 is 0. The lowest BCUT2D eigenvalue weighted by Crippen LogP contribution is -2.51. The van der Waals surface area contributed by atoms with Gasteiger partial charge in [0, 0.05) is 13.1 Å². The molecule has 1 aliphatic rings. The summed E-state index contributed by atoms with van der Waals surface area (Å²) in [5, 5.41) is 5.83. The van der Waals surface area contributed by atoms with Gasteiger partial charge in [-0.3, -0.25) is 4.79 Å². The molecule has 2 N–H and O–H groups in total. The van der Waals surface area contributed by atoms with Gasteiger partial charge < -0.3 is 15.4 Å². The highest BCUT2D eigenvalue weighted by Crippen LogP contribution is 2.08. The molecule has 0 bridgehead atoms. The van der Waals surface area contributed by atoms with Crippen LogP contribution < -0.4 is 10.6 Å². The maximum absolute atomic E-state index is 13.3. The summed E-state index contributed by atoms with van der Waals surface area (Å²) in [5.41, 5.74) is 1.36. The van der Waals surface area contributed by atoms with Crippen LogP contribution in [0.2, 0.25) is 0 Å². The van der Waals surface area contributed by atoms with E-state index < -0.39 is 0 Å². The summed E-state index contributed by atoms with van der Waals surface area (Å²) in [7, 11) is 0. The molecule has 0 saturated carbocycles. The van der Waals surface area contributed by atoms with E-state index >= 15 is 0 Å². The maximum atomic E-state index is 13.3. The van der Waals surface area contributed by atoms with Crippen molar-refractivity contribution in [3.05, 3.63) is 35.1 Å². The summed E-state index contributed by atoms with van der Waals surface area (Å²) in [6, 6.07) is 4.65. The molecule has 2 rings (SSSR count). The zero-order valence-electron chi connectivity index (χ0n) is 10.7. The molecule has 19 heavy (non-hydrogen) atoms. The molecule has 1 aliphatic heterocycles. The van der Waals surface area contributed by atoms with Crippen LogP contribution in [0.1, 0.15) is 11.1 Å². The SMILES string of the molecule is Cc1ccc(CNC(=O)C2COCCN2)cc1F.Cl. The van der Waals surface area contributed by atoms with E-state index in [4.69, 9.17) is 4.74 Å². The number of halogens is 2. The molecule has 1 saturated heterocycles. The van der Waals surface area contributed by atoms with Crippen molar-refractivity contribution < 1.29 is 13.9 Å². The van der Waals surface area contributed by atoms with Gasteiger partial charge in [-0.25, -0.2) is 4.39 Å². The Hall–Kier alpha value is -1.17. The number of morpholine rings is 1. The number of nitrogens with one attached hydrogen (secondary N) is 2. The molecule has 1 aromatic rings. The first-order chi connectivity index (χ1) is 8.66. The van der Waals surface area contributed by atoms with Crippen LogP contribution in [-0.2, 0) is 16.1 Å². The van der Waals surface area contributed by atoms with E-state index in [1.165, 1.54) is 6.07 Å². The molecule has 0 spiro atoms. The molecule has 1 aromatic carbocycles. The Bertz CT molecular complexity index is 437. The summed E-state index contributed by atoms with van der Waals surface area (Å²) in [5.74, 6) is -0.364. The largest absolute Gasteiger partial charge is 0.378 e. The number of carbonyl (C=O) groups is 1. The quantitative estimate of drug-likeness (QED) is 0.878. The van der Waals surface area contributed by atoms with E-state index in [2.05, 4.69) is 10.6 Å². The molecule has 106 valence electrons. The summed E-state index contributed by atoms with van der Waals surface area (Å²) < 4.78 is 18.5. The van der Waals surface area contributed by atoms with Crippen LogP contribution in [-0.4, -0.2) is 31.7 Å². The molecule has 0 aromatic heterocycles. The highest BCUT2D eigenvalue weighted by molar-refractivity contribution is 5.85. The van der Waals surface area contributed by atoms with E-state index in [0.717, 1.165) is 5.56 Å². The predicted octanol–water partition coefficient (Wildman–Crippen LogP) is 1.16. The standard InChI is InChI=1S/C13H17FN2O2.ClH/c1-9-2-3-10(6-11(9)14)7-16-13(17)12-8-18-5-4-15-12;/h2-3,6,12,15H,4-5,7-8H2,1H3,(H,16,17);1H. The summed E-state index contributed by atoms with van der Waals surface area (Å²) in [4.78, 5) is 11.8. The van der Waals surface area contributed by atoms with E-state index in [0.29, 0.717) is 31.9 Å². The van der Waals surface area contributed by atoms with Crippen molar-refractivity contribution in [2.45, 2.75) is 19.5 Å². The second kappa shape index (κ2) is 7.43. The fourth-order valence-electron chi connectivity index (χ4n) is 1.79. The van der Waals surface area contributed by atoms with Crippen molar-refractivity contribution in [2.75, 3.05) is 19.8 Å². The third-order valence-electron chi connectivity index (χ3n) is 2.94. The van der Waals surface area contributed by atoms with Crippen LogP contribution in [0.15, 0.2) is 18.2 Å². The van der Waals surface area contributed by atoms with Crippen LogP contribution in [0.4, 0.5) is 4.39 Å². The minimum Gasteiger partial charge on any atom is -0.378 e. The first-order valence-corrected chi connectivity index (χ1v) is 6.00. The Morgan fingerprint density at radius 2 is 2.37 bits per heavy atom. The highest BCUT2D eigenvalue weighted by atomic mass is 35.5. The molecular formula is C13H18ClFN2O2. The highest BCUT2D eigenvalue weighted by Gasteiger charge is 2.20.